The Labute approximate surface area is 117 Å². The monoisotopic (exact) mass is 285 g/mol. The third kappa shape index (κ3) is 2.90. The number of likely N-dealkylation sites (N-methyl/N-ethyl adjacent to an activating group) is 1. The zero-order valence-electron chi connectivity index (χ0n) is 10.8. The molecule has 1 fully saturated rings. The van der Waals surface area contributed by atoms with Crippen molar-refractivity contribution in [1.82, 2.24) is 4.90 Å². The van der Waals surface area contributed by atoms with E-state index in [4.69, 9.17) is 16.7 Å². The van der Waals surface area contributed by atoms with E-state index >= 15 is 0 Å². The quantitative estimate of drug-likeness (QED) is 0.903. The Morgan fingerprint density at radius 3 is 2.89 bits per heavy atom. The van der Waals surface area contributed by atoms with E-state index in [0.717, 1.165) is 0 Å². The molecule has 1 amide bonds. The summed E-state index contributed by atoms with van der Waals surface area (Å²) >= 11 is 6.00. The van der Waals surface area contributed by atoms with Crippen LogP contribution in [0.4, 0.5) is 4.39 Å². The van der Waals surface area contributed by atoms with Crippen LogP contribution in [0.25, 0.3) is 0 Å². The molecule has 1 aromatic carbocycles. The molecule has 2 unspecified atom stereocenters. The second kappa shape index (κ2) is 5.88. The van der Waals surface area contributed by atoms with E-state index in [1.165, 1.54) is 6.07 Å². The number of amides is 1. The van der Waals surface area contributed by atoms with Crippen LogP contribution in [0.1, 0.15) is 24.8 Å². The van der Waals surface area contributed by atoms with Gasteiger partial charge in [-0.3, -0.25) is 4.79 Å². The van der Waals surface area contributed by atoms with Crippen LogP contribution in [-0.2, 0) is 4.79 Å². The van der Waals surface area contributed by atoms with Gasteiger partial charge in [0.25, 0.3) is 0 Å². The molecule has 104 valence electrons. The molecule has 1 aliphatic rings. The van der Waals surface area contributed by atoms with Crippen LogP contribution in [0.15, 0.2) is 18.2 Å². The van der Waals surface area contributed by atoms with Gasteiger partial charge in [-0.1, -0.05) is 17.7 Å². The lowest BCUT2D eigenvalue weighted by Crippen LogP contribution is -2.34. The van der Waals surface area contributed by atoms with Gasteiger partial charge in [-0.2, -0.15) is 0 Å². The first kappa shape index (κ1) is 14.3. The number of carbonyl (C=O) groups is 1. The van der Waals surface area contributed by atoms with Gasteiger partial charge in [0.1, 0.15) is 5.82 Å². The molecule has 19 heavy (non-hydrogen) atoms. The van der Waals surface area contributed by atoms with Crippen LogP contribution in [0.2, 0.25) is 5.02 Å². The molecule has 0 saturated heterocycles. The molecule has 1 N–H and O–H groups in total. The molecule has 0 radical (unpaired) electrons. The molecule has 1 aliphatic carbocycles. The second-order valence-electron chi connectivity index (χ2n) is 4.73. The minimum absolute atomic E-state index is 0.0270. The lowest BCUT2D eigenvalue weighted by atomic mass is 10.1. The Balaban J connectivity index is 2.10. The van der Waals surface area contributed by atoms with E-state index < -0.39 is 0 Å². The predicted octanol–water partition coefficient (Wildman–Crippen LogP) is 2.42. The van der Waals surface area contributed by atoms with Gasteiger partial charge in [-0.15, -0.1) is 0 Å². The first-order valence-electron chi connectivity index (χ1n) is 6.43. The highest BCUT2D eigenvalue weighted by atomic mass is 35.5. The summed E-state index contributed by atoms with van der Waals surface area (Å²) in [5.41, 5.74) is 0.447. The fourth-order valence-electron chi connectivity index (χ4n) is 2.43. The fraction of sp³-hybridized carbons (Fsp3) is 0.500. The largest absolute Gasteiger partial charge is 0.395 e. The van der Waals surface area contributed by atoms with E-state index in [1.54, 1.807) is 17.0 Å². The average molecular weight is 286 g/mol. The summed E-state index contributed by atoms with van der Waals surface area (Å²) < 4.78 is 13.8. The van der Waals surface area contributed by atoms with Crippen LogP contribution in [0, 0.1) is 11.7 Å². The Kier molecular flexibility index (Phi) is 4.42. The van der Waals surface area contributed by atoms with E-state index in [2.05, 4.69) is 0 Å². The molecule has 2 atom stereocenters. The summed E-state index contributed by atoms with van der Waals surface area (Å²) in [5, 5.41) is 9.30. The summed E-state index contributed by atoms with van der Waals surface area (Å²) in [6.45, 7) is 2.68. The number of aliphatic hydroxyl groups excluding tert-OH is 1. The molecule has 1 saturated carbocycles. The van der Waals surface area contributed by atoms with E-state index in [1.807, 2.05) is 6.92 Å². The predicted molar refractivity (Wildman–Crippen MR) is 71.6 cm³/mol. The number of hydrogen-bond acceptors (Lipinski definition) is 2. The number of rotatable bonds is 5. The number of hydrogen-bond donors (Lipinski definition) is 1. The molecule has 0 spiro atoms. The number of aliphatic hydroxyl groups is 1. The van der Waals surface area contributed by atoms with E-state index in [0.29, 0.717) is 30.1 Å². The first-order chi connectivity index (χ1) is 9.10. The number of nitrogens with zero attached hydrogens (tertiary/aromatic N) is 1. The minimum atomic E-state index is -0.349. The summed E-state index contributed by atoms with van der Waals surface area (Å²) in [6.07, 6.45) is 0.626. The smallest absolute Gasteiger partial charge is 0.226 e. The molecule has 1 aromatic rings. The van der Waals surface area contributed by atoms with Crippen molar-refractivity contribution in [2.75, 3.05) is 19.7 Å². The van der Waals surface area contributed by atoms with Crippen molar-refractivity contribution in [2.45, 2.75) is 19.3 Å². The third-order valence-electron chi connectivity index (χ3n) is 3.54. The Morgan fingerprint density at radius 1 is 1.58 bits per heavy atom. The second-order valence-corrected chi connectivity index (χ2v) is 5.13. The standard InChI is InChI=1S/C14H17ClFNO2/c1-2-17(6-7-18)14(19)10-8-9(10)13-11(15)4-3-5-12(13)16/h3-5,9-10,18H,2,6-8H2,1H3. The normalized spacial score (nSPS) is 21.3. The van der Waals surface area contributed by atoms with Crippen LogP contribution < -0.4 is 0 Å². The van der Waals surface area contributed by atoms with Gasteiger partial charge in [0.2, 0.25) is 5.91 Å². The highest BCUT2D eigenvalue weighted by molar-refractivity contribution is 6.31. The molecular weight excluding hydrogens is 269 g/mol. The molecule has 3 nitrogen and oxygen atoms in total. The van der Waals surface area contributed by atoms with Crippen LogP contribution in [0.3, 0.4) is 0 Å². The minimum Gasteiger partial charge on any atom is -0.395 e. The van der Waals surface area contributed by atoms with Crippen LogP contribution in [-0.4, -0.2) is 35.6 Å². The Morgan fingerprint density at radius 2 is 2.32 bits per heavy atom. The maximum absolute atomic E-state index is 13.8. The van der Waals surface area contributed by atoms with Gasteiger partial charge in [0, 0.05) is 35.5 Å². The summed E-state index contributed by atoms with van der Waals surface area (Å²) in [5.74, 6) is -0.714. The van der Waals surface area contributed by atoms with Crippen molar-refractivity contribution in [3.63, 3.8) is 0 Å². The molecule has 0 bridgehead atoms. The fourth-order valence-corrected chi connectivity index (χ4v) is 2.73. The Hall–Kier alpha value is -1.13. The summed E-state index contributed by atoms with van der Waals surface area (Å²) in [4.78, 5) is 13.8. The molecule has 0 heterocycles. The van der Waals surface area contributed by atoms with Gasteiger partial charge in [-0.25, -0.2) is 4.39 Å². The summed E-state index contributed by atoms with van der Waals surface area (Å²) in [6, 6.07) is 4.57. The lowest BCUT2D eigenvalue weighted by molar-refractivity contribution is -0.133. The molecule has 0 aromatic heterocycles. The van der Waals surface area contributed by atoms with Gasteiger partial charge >= 0.3 is 0 Å². The first-order valence-corrected chi connectivity index (χ1v) is 6.81. The zero-order valence-corrected chi connectivity index (χ0v) is 11.5. The number of halogens is 2. The average Bonchev–Trinajstić information content (AvgIpc) is 3.15. The van der Waals surface area contributed by atoms with Crippen molar-refractivity contribution >= 4 is 17.5 Å². The third-order valence-corrected chi connectivity index (χ3v) is 3.87. The SMILES string of the molecule is CCN(CCO)C(=O)C1CC1c1c(F)cccc1Cl. The number of carbonyl (C=O) groups excluding carboxylic acids is 1. The molecule has 0 aliphatic heterocycles. The molecule has 5 heteroatoms. The van der Waals surface area contributed by atoms with E-state index in [-0.39, 0.29) is 30.2 Å². The molecule has 2 rings (SSSR count). The number of benzene rings is 1. The van der Waals surface area contributed by atoms with Gasteiger partial charge in [0.15, 0.2) is 0 Å². The Bertz CT molecular complexity index is 460. The van der Waals surface area contributed by atoms with Gasteiger partial charge in [0.05, 0.1) is 6.61 Å². The summed E-state index contributed by atoms with van der Waals surface area (Å²) in [7, 11) is 0. The topological polar surface area (TPSA) is 40.5 Å². The van der Waals surface area contributed by atoms with Gasteiger partial charge < -0.3 is 10.0 Å². The van der Waals surface area contributed by atoms with Crippen molar-refractivity contribution in [3.8, 4) is 0 Å². The van der Waals surface area contributed by atoms with Crippen LogP contribution in [0.5, 0.6) is 0 Å². The van der Waals surface area contributed by atoms with Gasteiger partial charge in [-0.05, 0) is 25.5 Å². The van der Waals surface area contributed by atoms with Crippen LogP contribution >= 0.6 is 11.6 Å². The lowest BCUT2D eigenvalue weighted by Gasteiger charge is -2.19. The van der Waals surface area contributed by atoms with Crippen molar-refractivity contribution in [2.24, 2.45) is 5.92 Å². The molecular formula is C14H17ClFNO2. The zero-order chi connectivity index (χ0) is 14.0. The van der Waals surface area contributed by atoms with E-state index in [9.17, 15) is 9.18 Å². The highest BCUT2D eigenvalue weighted by Gasteiger charge is 2.47. The van der Waals surface area contributed by atoms with Crippen molar-refractivity contribution in [3.05, 3.63) is 34.6 Å². The highest BCUT2D eigenvalue weighted by Crippen LogP contribution is 2.51. The van der Waals surface area contributed by atoms with Crippen molar-refractivity contribution in [1.29, 1.82) is 0 Å². The van der Waals surface area contributed by atoms with Crippen molar-refractivity contribution < 1.29 is 14.3 Å². The maximum atomic E-state index is 13.8. The maximum Gasteiger partial charge on any atom is 0.226 e.